The lowest BCUT2D eigenvalue weighted by molar-refractivity contribution is -0.307. The fourth-order valence-corrected chi connectivity index (χ4v) is 0.422. The zero-order chi connectivity index (χ0) is 9.78. The summed E-state index contributed by atoms with van der Waals surface area (Å²) in [5, 5.41) is 6.82. The first-order valence-electron chi connectivity index (χ1n) is 2.84. The topological polar surface area (TPSA) is 71.1 Å². The third-order valence-electron chi connectivity index (χ3n) is 0.716. The van der Waals surface area contributed by atoms with E-state index in [-0.39, 0.29) is 5.71 Å². The number of halogens is 3. The van der Waals surface area contributed by atoms with E-state index in [1.54, 1.807) is 5.43 Å². The largest absolute Gasteiger partial charge is 0.574 e. The molecule has 0 aliphatic heterocycles. The van der Waals surface area contributed by atoms with Gasteiger partial charge in [-0.25, -0.2) is 5.84 Å². The van der Waals surface area contributed by atoms with Crippen LogP contribution in [0.3, 0.4) is 0 Å². The third kappa shape index (κ3) is 5.54. The molecule has 0 aromatic carbocycles. The average Bonchev–Trinajstić information content (AvgIpc) is 1.82. The fraction of sp³-hybridized carbons (Fsp3) is 0.400. The molecule has 0 atom stereocenters. The number of rotatable bonds is 3. The number of hydrogen-bond donors (Lipinski definition) is 3. The molecule has 12 heavy (non-hydrogen) atoms. The van der Waals surface area contributed by atoms with Crippen LogP contribution in [0.2, 0.25) is 0 Å². The lowest BCUT2D eigenvalue weighted by Gasteiger charge is -2.10. The second-order valence-electron chi connectivity index (χ2n) is 1.88. The Morgan fingerprint density at radius 2 is 2.08 bits per heavy atom. The predicted molar refractivity (Wildman–Crippen MR) is 35.9 cm³/mol. The van der Waals surface area contributed by atoms with Gasteiger partial charge in [0.15, 0.2) is 0 Å². The van der Waals surface area contributed by atoms with Crippen molar-refractivity contribution in [1.29, 1.82) is 5.41 Å². The molecule has 0 amide bonds. The standard InChI is InChI=1S/C5H8F3N3O/c1-3(9)2-4(11-10)12-5(6,7)8/h2,9,11H,10H2,1H3/b4-2+,9-3?. The molecule has 0 bridgehead atoms. The van der Waals surface area contributed by atoms with Crippen LogP contribution in [-0.4, -0.2) is 12.1 Å². The number of nitrogens with one attached hydrogen (secondary N) is 2. The van der Waals surface area contributed by atoms with Gasteiger partial charge in [-0.15, -0.1) is 13.2 Å². The minimum absolute atomic E-state index is 0.104. The summed E-state index contributed by atoms with van der Waals surface area (Å²) >= 11 is 0. The molecule has 0 rings (SSSR count). The Labute approximate surface area is 66.7 Å². The first-order valence-corrected chi connectivity index (χ1v) is 2.84. The highest BCUT2D eigenvalue weighted by Gasteiger charge is 2.32. The second-order valence-corrected chi connectivity index (χ2v) is 1.88. The summed E-state index contributed by atoms with van der Waals surface area (Å²) in [4.78, 5) is 0. The number of ether oxygens (including phenoxy) is 1. The molecule has 70 valence electrons. The van der Waals surface area contributed by atoms with Crippen LogP contribution >= 0.6 is 0 Å². The van der Waals surface area contributed by atoms with Crippen molar-refractivity contribution in [2.24, 2.45) is 5.84 Å². The quantitative estimate of drug-likeness (QED) is 0.263. The molecule has 0 heterocycles. The highest BCUT2D eigenvalue weighted by Crippen LogP contribution is 2.18. The van der Waals surface area contributed by atoms with E-state index in [9.17, 15) is 13.2 Å². The molecule has 0 aromatic rings. The van der Waals surface area contributed by atoms with Crippen molar-refractivity contribution in [2.45, 2.75) is 13.3 Å². The summed E-state index contributed by atoms with van der Waals surface area (Å²) in [6.07, 6.45) is -3.98. The van der Waals surface area contributed by atoms with E-state index in [0.717, 1.165) is 6.08 Å². The fourth-order valence-electron chi connectivity index (χ4n) is 0.422. The molecule has 4 N–H and O–H groups in total. The van der Waals surface area contributed by atoms with Crippen molar-refractivity contribution < 1.29 is 17.9 Å². The van der Waals surface area contributed by atoms with Crippen LogP contribution < -0.4 is 11.3 Å². The molecule has 0 unspecified atom stereocenters. The normalized spacial score (nSPS) is 12.6. The van der Waals surface area contributed by atoms with Gasteiger partial charge >= 0.3 is 6.36 Å². The maximum absolute atomic E-state index is 11.5. The first kappa shape index (κ1) is 10.8. The van der Waals surface area contributed by atoms with Gasteiger partial charge < -0.3 is 10.1 Å². The van der Waals surface area contributed by atoms with E-state index < -0.39 is 12.2 Å². The van der Waals surface area contributed by atoms with E-state index in [4.69, 9.17) is 5.41 Å². The van der Waals surface area contributed by atoms with E-state index in [1.165, 1.54) is 6.92 Å². The highest BCUT2D eigenvalue weighted by atomic mass is 19.4. The summed E-state index contributed by atoms with van der Waals surface area (Å²) in [7, 11) is 0. The molecular weight excluding hydrogens is 175 g/mol. The lowest BCUT2D eigenvalue weighted by atomic mass is 10.4. The van der Waals surface area contributed by atoms with Gasteiger partial charge in [-0.05, 0) is 6.92 Å². The Morgan fingerprint density at radius 3 is 2.33 bits per heavy atom. The molecule has 0 saturated carbocycles. The van der Waals surface area contributed by atoms with Crippen molar-refractivity contribution in [3.63, 3.8) is 0 Å². The number of hydrogen-bond acceptors (Lipinski definition) is 4. The van der Waals surface area contributed by atoms with Gasteiger partial charge in [0.25, 0.3) is 0 Å². The molecular formula is C5H8F3N3O. The maximum atomic E-state index is 11.5. The molecule has 0 aliphatic carbocycles. The van der Waals surface area contributed by atoms with Crippen LogP contribution in [-0.2, 0) is 4.74 Å². The van der Waals surface area contributed by atoms with Crippen LogP contribution in [0.1, 0.15) is 6.92 Å². The van der Waals surface area contributed by atoms with E-state index in [1.807, 2.05) is 0 Å². The number of allylic oxidation sites excluding steroid dienone is 1. The molecule has 0 radical (unpaired) electrons. The van der Waals surface area contributed by atoms with E-state index >= 15 is 0 Å². The van der Waals surface area contributed by atoms with Crippen molar-refractivity contribution >= 4 is 5.71 Å². The smallest absolute Gasteiger partial charge is 0.389 e. The summed E-state index contributed by atoms with van der Waals surface area (Å²) in [5.41, 5.74) is 1.56. The molecule has 7 heteroatoms. The monoisotopic (exact) mass is 183 g/mol. The second kappa shape index (κ2) is 3.96. The van der Waals surface area contributed by atoms with Crippen molar-refractivity contribution in [3.05, 3.63) is 12.0 Å². The van der Waals surface area contributed by atoms with Crippen LogP contribution in [0.15, 0.2) is 12.0 Å². The lowest BCUT2D eigenvalue weighted by Crippen LogP contribution is -2.28. The number of alkyl halides is 3. The van der Waals surface area contributed by atoms with Gasteiger partial charge in [0.05, 0.1) is 0 Å². The van der Waals surface area contributed by atoms with Crippen LogP contribution in [0, 0.1) is 5.41 Å². The SMILES string of the molecule is CC(=N)/C=C(\NN)OC(F)(F)F. The highest BCUT2D eigenvalue weighted by molar-refractivity contribution is 5.90. The van der Waals surface area contributed by atoms with Gasteiger partial charge in [-0.1, -0.05) is 0 Å². The third-order valence-corrected chi connectivity index (χ3v) is 0.716. The number of nitrogens with two attached hydrogens (primary N) is 1. The maximum Gasteiger partial charge on any atom is 0.574 e. The Balaban J connectivity index is 4.28. The first-order chi connectivity index (χ1) is 5.35. The predicted octanol–water partition coefficient (Wildman–Crippen LogP) is 0.867. The molecule has 0 aromatic heterocycles. The summed E-state index contributed by atoms with van der Waals surface area (Å²) in [6, 6.07) is 0. The summed E-state index contributed by atoms with van der Waals surface area (Å²) in [5.74, 6) is 3.98. The van der Waals surface area contributed by atoms with Gasteiger partial charge in [0.2, 0.25) is 5.88 Å². The Bertz CT molecular complexity index is 199. The molecule has 0 spiro atoms. The van der Waals surface area contributed by atoms with Gasteiger partial charge in [-0.3, -0.25) is 5.43 Å². The van der Waals surface area contributed by atoms with Crippen LogP contribution in [0.5, 0.6) is 0 Å². The Morgan fingerprint density at radius 1 is 1.58 bits per heavy atom. The van der Waals surface area contributed by atoms with Crippen LogP contribution in [0.25, 0.3) is 0 Å². The Kier molecular flexibility index (Phi) is 3.55. The summed E-state index contributed by atoms with van der Waals surface area (Å²) < 4.78 is 37.9. The molecule has 0 aliphatic rings. The van der Waals surface area contributed by atoms with E-state index in [2.05, 4.69) is 10.6 Å². The summed E-state index contributed by atoms with van der Waals surface area (Å²) in [6.45, 7) is 1.29. The van der Waals surface area contributed by atoms with E-state index in [0.29, 0.717) is 0 Å². The average molecular weight is 183 g/mol. The zero-order valence-electron chi connectivity index (χ0n) is 6.20. The van der Waals surface area contributed by atoms with Gasteiger partial charge in [0, 0.05) is 11.8 Å². The Hall–Kier alpha value is -1.24. The minimum Gasteiger partial charge on any atom is -0.389 e. The van der Waals surface area contributed by atoms with Crippen molar-refractivity contribution in [2.75, 3.05) is 0 Å². The van der Waals surface area contributed by atoms with Crippen molar-refractivity contribution in [3.8, 4) is 0 Å². The van der Waals surface area contributed by atoms with Gasteiger partial charge in [0.1, 0.15) is 0 Å². The molecule has 0 saturated heterocycles. The van der Waals surface area contributed by atoms with Gasteiger partial charge in [-0.2, -0.15) is 0 Å². The molecule has 0 fully saturated rings. The van der Waals surface area contributed by atoms with Crippen molar-refractivity contribution in [1.82, 2.24) is 5.43 Å². The van der Waals surface area contributed by atoms with Crippen LogP contribution in [0.4, 0.5) is 13.2 Å². The minimum atomic E-state index is -4.80. The molecule has 4 nitrogen and oxygen atoms in total. The zero-order valence-corrected chi connectivity index (χ0v) is 6.20. The number of hydrazine groups is 1.